The van der Waals surface area contributed by atoms with Gasteiger partial charge < -0.3 is 10.5 Å². The summed E-state index contributed by atoms with van der Waals surface area (Å²) in [6.45, 7) is 2.56. The lowest BCUT2D eigenvalue weighted by Gasteiger charge is -2.10. The number of fused-ring (bicyclic) bond motifs is 1. The lowest BCUT2D eigenvalue weighted by Crippen LogP contribution is -2.08. The Bertz CT molecular complexity index is 658. The third kappa shape index (κ3) is 2.69. The molecule has 3 aromatic rings. The molecule has 0 saturated carbocycles. The maximum atomic E-state index is 5.99. The van der Waals surface area contributed by atoms with Gasteiger partial charge in [-0.1, -0.05) is 19.1 Å². The molecule has 4 nitrogen and oxygen atoms in total. The van der Waals surface area contributed by atoms with Crippen molar-refractivity contribution in [3.63, 3.8) is 0 Å². The van der Waals surface area contributed by atoms with Gasteiger partial charge in [0.25, 0.3) is 0 Å². The van der Waals surface area contributed by atoms with E-state index in [0.29, 0.717) is 6.61 Å². The molecule has 0 amide bonds. The molecule has 1 atom stereocenters. The van der Waals surface area contributed by atoms with Crippen LogP contribution in [0.25, 0.3) is 4.96 Å². The highest BCUT2D eigenvalue weighted by Gasteiger charge is 2.05. The van der Waals surface area contributed by atoms with Crippen molar-refractivity contribution in [1.82, 2.24) is 9.38 Å². The first kappa shape index (κ1) is 13.1. The van der Waals surface area contributed by atoms with Crippen LogP contribution in [-0.2, 0) is 6.61 Å². The van der Waals surface area contributed by atoms with Crippen molar-refractivity contribution in [3.8, 4) is 5.75 Å². The zero-order valence-corrected chi connectivity index (χ0v) is 12.1. The molecule has 0 aliphatic carbocycles. The molecule has 2 heterocycles. The topological polar surface area (TPSA) is 52.5 Å². The molecular weight excluding hydrogens is 270 g/mol. The summed E-state index contributed by atoms with van der Waals surface area (Å²) in [5, 5.41) is 2.02. The highest BCUT2D eigenvalue weighted by atomic mass is 32.1. The Hall–Kier alpha value is -1.85. The number of thiazole rings is 1. The van der Waals surface area contributed by atoms with Crippen molar-refractivity contribution in [2.24, 2.45) is 5.73 Å². The molecule has 5 heteroatoms. The van der Waals surface area contributed by atoms with Gasteiger partial charge in [-0.15, -0.1) is 11.3 Å². The Morgan fingerprint density at radius 2 is 2.15 bits per heavy atom. The summed E-state index contributed by atoms with van der Waals surface area (Å²) in [5.41, 5.74) is 8.07. The lowest BCUT2D eigenvalue weighted by atomic mass is 10.1. The predicted octanol–water partition coefficient (Wildman–Crippen LogP) is 3.38. The average Bonchev–Trinajstić information content (AvgIpc) is 3.06. The van der Waals surface area contributed by atoms with E-state index in [-0.39, 0.29) is 6.04 Å². The van der Waals surface area contributed by atoms with E-state index < -0.39 is 0 Å². The van der Waals surface area contributed by atoms with E-state index in [9.17, 15) is 0 Å². The minimum absolute atomic E-state index is 0.101. The summed E-state index contributed by atoms with van der Waals surface area (Å²) in [7, 11) is 0. The average molecular weight is 287 g/mol. The van der Waals surface area contributed by atoms with Gasteiger partial charge in [0.1, 0.15) is 12.4 Å². The molecule has 3 rings (SSSR count). The fourth-order valence-electron chi connectivity index (χ4n) is 2.05. The SMILES string of the molecule is CCC(N)c1ccc(OCc2cn3ccsc3n2)cc1. The zero-order valence-electron chi connectivity index (χ0n) is 11.3. The van der Waals surface area contributed by atoms with Crippen LogP contribution < -0.4 is 10.5 Å². The summed E-state index contributed by atoms with van der Waals surface area (Å²) >= 11 is 1.62. The second-order valence-corrected chi connectivity index (χ2v) is 5.57. The molecule has 2 aromatic heterocycles. The monoisotopic (exact) mass is 287 g/mol. The second kappa shape index (κ2) is 5.64. The highest BCUT2D eigenvalue weighted by molar-refractivity contribution is 7.15. The summed E-state index contributed by atoms with van der Waals surface area (Å²) in [4.78, 5) is 5.48. The molecule has 1 unspecified atom stereocenters. The molecule has 104 valence electrons. The lowest BCUT2D eigenvalue weighted by molar-refractivity contribution is 0.302. The molecule has 0 aliphatic heterocycles. The maximum Gasteiger partial charge on any atom is 0.193 e. The van der Waals surface area contributed by atoms with Crippen LogP contribution in [0.1, 0.15) is 30.6 Å². The molecule has 0 bridgehead atoms. The second-order valence-electron chi connectivity index (χ2n) is 4.70. The fourth-order valence-corrected chi connectivity index (χ4v) is 2.77. The molecule has 1 aromatic carbocycles. The van der Waals surface area contributed by atoms with Crippen molar-refractivity contribution in [2.75, 3.05) is 0 Å². The van der Waals surface area contributed by atoms with Crippen LogP contribution in [0.5, 0.6) is 5.75 Å². The Kier molecular flexibility index (Phi) is 3.71. The fraction of sp³-hybridized carbons (Fsp3) is 0.267. The van der Waals surface area contributed by atoms with E-state index >= 15 is 0 Å². The van der Waals surface area contributed by atoms with Gasteiger partial charge >= 0.3 is 0 Å². The number of hydrogen-bond acceptors (Lipinski definition) is 4. The van der Waals surface area contributed by atoms with Crippen LogP contribution in [0.4, 0.5) is 0 Å². The molecule has 2 N–H and O–H groups in total. The number of nitrogens with two attached hydrogens (primary N) is 1. The molecule has 0 aliphatic rings. The van der Waals surface area contributed by atoms with Gasteiger partial charge in [0.2, 0.25) is 0 Å². The highest BCUT2D eigenvalue weighted by Crippen LogP contribution is 2.19. The third-order valence-corrected chi connectivity index (χ3v) is 4.05. The van der Waals surface area contributed by atoms with Crippen LogP contribution in [0.15, 0.2) is 42.0 Å². The number of aromatic nitrogens is 2. The van der Waals surface area contributed by atoms with Crippen molar-refractivity contribution < 1.29 is 4.74 Å². The van der Waals surface area contributed by atoms with Crippen molar-refractivity contribution in [2.45, 2.75) is 26.0 Å². The minimum atomic E-state index is 0.101. The smallest absolute Gasteiger partial charge is 0.193 e. The molecule has 0 spiro atoms. The molecule has 20 heavy (non-hydrogen) atoms. The number of benzene rings is 1. The number of imidazole rings is 1. The van der Waals surface area contributed by atoms with Gasteiger partial charge in [-0.05, 0) is 24.1 Å². The van der Waals surface area contributed by atoms with Gasteiger partial charge in [-0.3, -0.25) is 4.40 Å². The van der Waals surface area contributed by atoms with E-state index in [2.05, 4.69) is 11.9 Å². The Morgan fingerprint density at radius 1 is 1.35 bits per heavy atom. The van der Waals surface area contributed by atoms with Crippen molar-refractivity contribution >= 4 is 16.3 Å². The number of ether oxygens (including phenoxy) is 1. The largest absolute Gasteiger partial charge is 0.487 e. The van der Waals surface area contributed by atoms with Crippen LogP contribution in [-0.4, -0.2) is 9.38 Å². The van der Waals surface area contributed by atoms with Crippen molar-refractivity contribution in [3.05, 3.63) is 53.3 Å². The summed E-state index contributed by atoms with van der Waals surface area (Å²) in [5.74, 6) is 0.841. The maximum absolute atomic E-state index is 5.99. The van der Waals surface area contributed by atoms with Gasteiger partial charge in [0, 0.05) is 23.8 Å². The van der Waals surface area contributed by atoms with Gasteiger partial charge in [0.15, 0.2) is 4.96 Å². The standard InChI is InChI=1S/C15H17N3OS/c1-2-14(16)11-3-5-13(6-4-11)19-10-12-9-18-7-8-20-15(18)17-12/h3-9,14H,2,10,16H2,1H3. The van der Waals surface area contributed by atoms with E-state index in [1.54, 1.807) is 11.3 Å². The Balaban J connectivity index is 1.64. The van der Waals surface area contributed by atoms with Gasteiger partial charge in [0.05, 0.1) is 5.69 Å². The third-order valence-electron chi connectivity index (χ3n) is 3.28. The van der Waals surface area contributed by atoms with Crippen LogP contribution in [0.2, 0.25) is 0 Å². The summed E-state index contributed by atoms with van der Waals surface area (Å²) in [6, 6.07) is 8.07. The quantitative estimate of drug-likeness (QED) is 0.782. The molecular formula is C15H17N3OS. The van der Waals surface area contributed by atoms with E-state index in [0.717, 1.165) is 28.4 Å². The molecule has 0 radical (unpaired) electrons. The van der Waals surface area contributed by atoms with Crippen LogP contribution >= 0.6 is 11.3 Å². The van der Waals surface area contributed by atoms with E-state index in [1.165, 1.54) is 0 Å². The Labute approximate surface area is 121 Å². The predicted molar refractivity (Wildman–Crippen MR) is 81.1 cm³/mol. The van der Waals surface area contributed by atoms with Crippen LogP contribution in [0, 0.1) is 0 Å². The zero-order chi connectivity index (χ0) is 13.9. The molecule has 0 fully saturated rings. The first-order valence-electron chi connectivity index (χ1n) is 6.65. The molecule has 0 saturated heterocycles. The normalized spacial score (nSPS) is 12.7. The van der Waals surface area contributed by atoms with Crippen molar-refractivity contribution in [1.29, 1.82) is 0 Å². The Morgan fingerprint density at radius 3 is 2.85 bits per heavy atom. The number of nitrogens with zero attached hydrogens (tertiary/aromatic N) is 2. The van der Waals surface area contributed by atoms with E-state index in [1.807, 2.05) is 46.4 Å². The summed E-state index contributed by atoms with van der Waals surface area (Å²) < 4.78 is 7.75. The summed E-state index contributed by atoms with van der Waals surface area (Å²) in [6.07, 6.45) is 4.93. The van der Waals surface area contributed by atoms with Gasteiger partial charge in [-0.2, -0.15) is 0 Å². The minimum Gasteiger partial charge on any atom is -0.487 e. The number of rotatable bonds is 5. The van der Waals surface area contributed by atoms with Gasteiger partial charge in [-0.25, -0.2) is 4.98 Å². The first-order valence-corrected chi connectivity index (χ1v) is 7.53. The first-order chi connectivity index (χ1) is 9.76. The van der Waals surface area contributed by atoms with E-state index in [4.69, 9.17) is 10.5 Å². The number of hydrogen-bond donors (Lipinski definition) is 1. The van der Waals surface area contributed by atoms with Crippen LogP contribution in [0.3, 0.4) is 0 Å².